The molecule has 0 fully saturated rings. The van der Waals surface area contributed by atoms with Crippen LogP contribution in [0.4, 0.5) is 0 Å². The molecule has 3 rings (SSSR count). The number of allylic oxidation sites excluding steroid dienone is 1. The zero-order valence-electron chi connectivity index (χ0n) is 18.9. The molecule has 1 unspecified atom stereocenters. The Morgan fingerprint density at radius 3 is 2.27 bits per heavy atom. The van der Waals surface area contributed by atoms with Crippen molar-refractivity contribution in [2.75, 3.05) is 0 Å². The highest BCUT2D eigenvalue weighted by molar-refractivity contribution is 5.98. The van der Waals surface area contributed by atoms with Gasteiger partial charge in [0.05, 0.1) is 0 Å². The fraction of sp³-hybridized carbons (Fsp3) is 0.536. The predicted molar refractivity (Wildman–Crippen MR) is 128 cm³/mol. The van der Waals surface area contributed by atoms with Gasteiger partial charge >= 0.3 is 5.97 Å². The molecular formula is C28H38O2. The van der Waals surface area contributed by atoms with Crippen LogP contribution in [0.25, 0.3) is 16.3 Å². The van der Waals surface area contributed by atoms with Crippen LogP contribution < -0.4 is 0 Å². The summed E-state index contributed by atoms with van der Waals surface area (Å²) >= 11 is 0. The lowest BCUT2D eigenvalue weighted by Crippen LogP contribution is -2.13. The Morgan fingerprint density at radius 1 is 0.833 bits per heavy atom. The molecule has 0 aromatic heterocycles. The summed E-state index contributed by atoms with van der Waals surface area (Å²) in [5, 5.41) is 2.51. The van der Waals surface area contributed by atoms with Crippen molar-refractivity contribution < 1.29 is 9.53 Å². The second-order valence-corrected chi connectivity index (χ2v) is 8.68. The molecule has 0 N–H and O–H groups in total. The number of unbranched alkanes of at least 4 members (excludes halogenated alkanes) is 8. The van der Waals surface area contributed by atoms with Crippen LogP contribution in [0.2, 0.25) is 0 Å². The standard InChI is InChI=1S/C28H38O2/c1-3-5-7-8-9-10-12-15-23-21-26(30-27(29)20-11-6-4-2)25-19-14-17-22-16-13-18-24(23)28(22)25/h13-14,16-19,21,26H,3-12,15,20H2,1-2H3. The first-order valence-electron chi connectivity index (χ1n) is 12.2. The van der Waals surface area contributed by atoms with Crippen LogP contribution in [0.15, 0.2) is 42.5 Å². The van der Waals surface area contributed by atoms with E-state index < -0.39 is 0 Å². The van der Waals surface area contributed by atoms with Gasteiger partial charge in [-0.2, -0.15) is 0 Å². The Labute approximate surface area is 182 Å². The minimum atomic E-state index is -0.253. The van der Waals surface area contributed by atoms with Gasteiger partial charge in [0.1, 0.15) is 6.10 Å². The van der Waals surface area contributed by atoms with Crippen molar-refractivity contribution >= 4 is 22.3 Å². The lowest BCUT2D eigenvalue weighted by atomic mass is 9.84. The van der Waals surface area contributed by atoms with Gasteiger partial charge in [0.15, 0.2) is 0 Å². The van der Waals surface area contributed by atoms with Gasteiger partial charge in [-0.15, -0.1) is 0 Å². The van der Waals surface area contributed by atoms with E-state index in [0.717, 1.165) is 31.2 Å². The zero-order chi connectivity index (χ0) is 21.2. The first kappa shape index (κ1) is 22.6. The molecule has 2 aromatic carbocycles. The fourth-order valence-electron chi connectivity index (χ4n) is 4.54. The van der Waals surface area contributed by atoms with Crippen molar-refractivity contribution in [1.82, 2.24) is 0 Å². The Kier molecular flexibility index (Phi) is 8.99. The van der Waals surface area contributed by atoms with Gasteiger partial charge in [-0.3, -0.25) is 4.79 Å². The molecule has 2 aromatic rings. The summed E-state index contributed by atoms with van der Waals surface area (Å²) in [6, 6.07) is 12.9. The maximum Gasteiger partial charge on any atom is 0.306 e. The van der Waals surface area contributed by atoms with E-state index in [-0.39, 0.29) is 12.1 Å². The minimum Gasteiger partial charge on any atom is -0.453 e. The Balaban J connectivity index is 1.71. The van der Waals surface area contributed by atoms with Crippen LogP contribution in [0.5, 0.6) is 0 Å². The third-order valence-corrected chi connectivity index (χ3v) is 6.23. The highest BCUT2D eigenvalue weighted by Gasteiger charge is 2.24. The summed E-state index contributed by atoms with van der Waals surface area (Å²) in [7, 11) is 0. The number of hydrogen-bond donors (Lipinski definition) is 0. The van der Waals surface area contributed by atoms with Crippen molar-refractivity contribution in [2.24, 2.45) is 0 Å². The van der Waals surface area contributed by atoms with Crippen molar-refractivity contribution in [3.8, 4) is 0 Å². The van der Waals surface area contributed by atoms with E-state index >= 15 is 0 Å². The molecule has 2 nitrogen and oxygen atoms in total. The van der Waals surface area contributed by atoms with Crippen LogP contribution in [-0.4, -0.2) is 5.97 Å². The van der Waals surface area contributed by atoms with Gasteiger partial charge in [0, 0.05) is 12.0 Å². The molecule has 0 bridgehead atoms. The average molecular weight is 407 g/mol. The minimum absolute atomic E-state index is 0.0728. The summed E-state index contributed by atoms with van der Waals surface area (Å²) in [4.78, 5) is 12.5. The molecule has 0 saturated carbocycles. The van der Waals surface area contributed by atoms with E-state index in [1.807, 2.05) is 0 Å². The van der Waals surface area contributed by atoms with Crippen LogP contribution in [0.1, 0.15) is 108 Å². The number of esters is 1. The van der Waals surface area contributed by atoms with Crippen molar-refractivity contribution in [3.05, 3.63) is 53.6 Å². The molecular weight excluding hydrogens is 368 g/mol. The highest BCUT2D eigenvalue weighted by Crippen LogP contribution is 2.41. The van der Waals surface area contributed by atoms with Crippen LogP contribution in [0, 0.1) is 0 Å². The highest BCUT2D eigenvalue weighted by atomic mass is 16.5. The fourth-order valence-corrected chi connectivity index (χ4v) is 4.54. The van der Waals surface area contributed by atoms with Gasteiger partial charge in [-0.05, 0) is 47.2 Å². The van der Waals surface area contributed by atoms with Crippen LogP contribution >= 0.6 is 0 Å². The molecule has 0 heterocycles. The molecule has 0 amide bonds. The summed E-state index contributed by atoms with van der Waals surface area (Å²) in [6.45, 7) is 4.42. The average Bonchev–Trinajstić information content (AvgIpc) is 2.76. The first-order chi connectivity index (χ1) is 14.7. The molecule has 2 heteroatoms. The SMILES string of the molecule is CCCCCCCCCC1=CC(OC(=O)CCCCC)c2cccc3cccc1c23. The first-order valence-corrected chi connectivity index (χ1v) is 12.2. The van der Waals surface area contributed by atoms with Gasteiger partial charge in [-0.25, -0.2) is 0 Å². The molecule has 0 spiro atoms. The molecule has 0 saturated heterocycles. The van der Waals surface area contributed by atoms with Crippen LogP contribution in [-0.2, 0) is 9.53 Å². The number of carbonyl (C=O) groups excluding carboxylic acids is 1. The summed E-state index contributed by atoms with van der Waals surface area (Å²) in [5.41, 5.74) is 3.81. The van der Waals surface area contributed by atoms with Crippen molar-refractivity contribution in [3.63, 3.8) is 0 Å². The number of ether oxygens (including phenoxy) is 1. The second-order valence-electron chi connectivity index (χ2n) is 8.68. The van der Waals surface area contributed by atoms with Crippen molar-refractivity contribution in [2.45, 2.75) is 97.0 Å². The van der Waals surface area contributed by atoms with E-state index in [1.165, 1.54) is 66.9 Å². The normalized spacial score (nSPS) is 15.3. The summed E-state index contributed by atoms with van der Waals surface area (Å²) in [5.74, 6) is -0.0728. The molecule has 1 aliphatic carbocycles. The molecule has 0 radical (unpaired) electrons. The van der Waals surface area contributed by atoms with E-state index in [9.17, 15) is 4.79 Å². The summed E-state index contributed by atoms with van der Waals surface area (Å²) in [6.07, 6.45) is 15.8. The van der Waals surface area contributed by atoms with Gasteiger partial charge in [0.2, 0.25) is 0 Å². The Hall–Kier alpha value is -2.09. The zero-order valence-corrected chi connectivity index (χ0v) is 18.9. The number of carbonyl (C=O) groups is 1. The third-order valence-electron chi connectivity index (χ3n) is 6.23. The number of hydrogen-bond acceptors (Lipinski definition) is 2. The van der Waals surface area contributed by atoms with Crippen LogP contribution in [0.3, 0.4) is 0 Å². The molecule has 0 aliphatic heterocycles. The van der Waals surface area contributed by atoms with E-state index in [0.29, 0.717) is 6.42 Å². The van der Waals surface area contributed by atoms with E-state index in [2.05, 4.69) is 56.3 Å². The molecule has 1 atom stereocenters. The van der Waals surface area contributed by atoms with E-state index in [1.54, 1.807) is 0 Å². The van der Waals surface area contributed by atoms with Gasteiger partial charge in [-0.1, -0.05) is 102 Å². The second kappa shape index (κ2) is 11.9. The van der Waals surface area contributed by atoms with Gasteiger partial charge < -0.3 is 4.74 Å². The quantitative estimate of drug-likeness (QED) is 0.246. The topological polar surface area (TPSA) is 26.3 Å². The lowest BCUT2D eigenvalue weighted by Gasteiger charge is -2.25. The number of benzene rings is 2. The maximum atomic E-state index is 12.5. The third kappa shape index (κ3) is 5.97. The molecule has 1 aliphatic rings. The summed E-state index contributed by atoms with van der Waals surface area (Å²) < 4.78 is 5.97. The largest absolute Gasteiger partial charge is 0.453 e. The number of rotatable bonds is 13. The Morgan fingerprint density at radius 2 is 1.50 bits per heavy atom. The van der Waals surface area contributed by atoms with E-state index in [4.69, 9.17) is 4.74 Å². The Bertz CT molecular complexity index is 844. The van der Waals surface area contributed by atoms with Gasteiger partial charge in [0.25, 0.3) is 0 Å². The molecule has 162 valence electrons. The smallest absolute Gasteiger partial charge is 0.306 e. The monoisotopic (exact) mass is 406 g/mol. The van der Waals surface area contributed by atoms with Crippen molar-refractivity contribution in [1.29, 1.82) is 0 Å². The molecule has 30 heavy (non-hydrogen) atoms. The maximum absolute atomic E-state index is 12.5. The predicted octanol–water partition coefficient (Wildman–Crippen LogP) is 8.54. The lowest BCUT2D eigenvalue weighted by molar-refractivity contribution is -0.147.